The highest BCUT2D eigenvalue weighted by atomic mass is 19.2. The zero-order chi connectivity index (χ0) is 8.85. The molecule has 0 unspecified atom stereocenters. The van der Waals surface area contributed by atoms with Gasteiger partial charge in [0.2, 0.25) is 0 Å². The Morgan fingerprint density at radius 3 is 2.18 bits per heavy atom. The first-order chi connectivity index (χ1) is 5.07. The molecule has 1 nitrogen and oxygen atoms in total. The van der Waals surface area contributed by atoms with Gasteiger partial charge in [0.05, 0.1) is 0 Å². The van der Waals surface area contributed by atoms with E-state index in [1.807, 2.05) is 0 Å². The van der Waals surface area contributed by atoms with Gasteiger partial charge in [-0.05, 0) is 0 Å². The molecular formula is C7H5F3O. The lowest BCUT2D eigenvalue weighted by Gasteiger charge is -1.87. The van der Waals surface area contributed by atoms with Gasteiger partial charge in [0.1, 0.15) is 12.1 Å². The van der Waals surface area contributed by atoms with Gasteiger partial charge in [-0.25, -0.2) is 13.2 Å². The number of allylic oxidation sites excluding steroid dienone is 5. The SMILES string of the molecule is C=C(F)C(F)=CC(F)=CC=O. The summed E-state index contributed by atoms with van der Waals surface area (Å²) in [5.74, 6) is -3.96. The van der Waals surface area contributed by atoms with Crippen molar-refractivity contribution in [2.24, 2.45) is 0 Å². The van der Waals surface area contributed by atoms with Crippen molar-refractivity contribution in [1.82, 2.24) is 0 Å². The summed E-state index contributed by atoms with van der Waals surface area (Å²) in [5.41, 5.74) is 0. The standard InChI is InChI=1S/C7H5F3O/c1-5(8)7(10)4-6(9)2-3-11/h2-4H,1H2. The van der Waals surface area contributed by atoms with Gasteiger partial charge in [-0.2, -0.15) is 0 Å². The lowest BCUT2D eigenvalue weighted by molar-refractivity contribution is -0.104. The number of aldehydes is 1. The normalized spacial score (nSPS) is 13.0. The fraction of sp³-hybridized carbons (Fsp3) is 0. The van der Waals surface area contributed by atoms with Crippen LogP contribution in [0.2, 0.25) is 0 Å². The summed E-state index contributed by atoms with van der Waals surface area (Å²) in [7, 11) is 0. The van der Waals surface area contributed by atoms with Crippen LogP contribution in [0.15, 0.2) is 36.2 Å². The monoisotopic (exact) mass is 162 g/mol. The summed E-state index contributed by atoms with van der Waals surface area (Å²) in [4.78, 5) is 9.58. The Balaban J connectivity index is 4.42. The number of carbonyl (C=O) groups excluding carboxylic acids is 1. The molecule has 0 aliphatic heterocycles. The van der Waals surface area contributed by atoms with Gasteiger partial charge in [0.25, 0.3) is 0 Å². The second-order valence-corrected chi connectivity index (χ2v) is 1.58. The number of hydrogen-bond acceptors (Lipinski definition) is 1. The zero-order valence-electron chi connectivity index (χ0n) is 5.48. The minimum Gasteiger partial charge on any atom is -0.298 e. The van der Waals surface area contributed by atoms with E-state index in [1.54, 1.807) is 0 Å². The van der Waals surface area contributed by atoms with Gasteiger partial charge >= 0.3 is 0 Å². The van der Waals surface area contributed by atoms with Gasteiger partial charge in [-0.15, -0.1) is 0 Å². The highest BCUT2D eigenvalue weighted by Gasteiger charge is 1.99. The quantitative estimate of drug-likeness (QED) is 0.353. The number of halogens is 3. The second-order valence-electron chi connectivity index (χ2n) is 1.58. The van der Waals surface area contributed by atoms with Crippen LogP contribution < -0.4 is 0 Å². The third-order valence-corrected chi connectivity index (χ3v) is 0.751. The van der Waals surface area contributed by atoms with Crippen LogP contribution in [0.25, 0.3) is 0 Å². The highest BCUT2D eigenvalue weighted by molar-refractivity contribution is 5.66. The van der Waals surface area contributed by atoms with Crippen LogP contribution in [0, 0.1) is 0 Å². The van der Waals surface area contributed by atoms with Crippen molar-refractivity contribution in [2.75, 3.05) is 0 Å². The van der Waals surface area contributed by atoms with Crippen LogP contribution in [-0.2, 0) is 4.79 Å². The van der Waals surface area contributed by atoms with Crippen LogP contribution in [0.1, 0.15) is 0 Å². The molecule has 0 aromatic carbocycles. The maximum absolute atomic E-state index is 12.1. The topological polar surface area (TPSA) is 17.1 Å². The molecule has 11 heavy (non-hydrogen) atoms. The summed E-state index contributed by atoms with van der Waals surface area (Å²) in [6, 6.07) is 0. The van der Waals surface area contributed by atoms with Crippen molar-refractivity contribution in [3.8, 4) is 0 Å². The molecule has 0 atom stereocenters. The van der Waals surface area contributed by atoms with E-state index in [1.165, 1.54) is 0 Å². The average Bonchev–Trinajstić information content (AvgIpc) is 1.87. The van der Waals surface area contributed by atoms with Crippen LogP contribution in [0.3, 0.4) is 0 Å². The summed E-state index contributed by atoms with van der Waals surface area (Å²) >= 11 is 0. The molecule has 0 aliphatic rings. The summed E-state index contributed by atoms with van der Waals surface area (Å²) in [5, 5.41) is 0. The predicted octanol–water partition coefficient (Wildman–Crippen LogP) is 2.38. The smallest absolute Gasteiger partial charge is 0.161 e. The van der Waals surface area contributed by atoms with Crippen molar-refractivity contribution in [3.63, 3.8) is 0 Å². The van der Waals surface area contributed by atoms with Gasteiger partial charge in [-0.1, -0.05) is 6.58 Å². The first-order valence-electron chi connectivity index (χ1n) is 2.61. The van der Waals surface area contributed by atoms with Gasteiger partial charge in [-0.3, -0.25) is 4.79 Å². The van der Waals surface area contributed by atoms with Crippen LogP contribution in [0.5, 0.6) is 0 Å². The molecule has 0 fully saturated rings. The third-order valence-electron chi connectivity index (χ3n) is 0.751. The highest BCUT2D eigenvalue weighted by Crippen LogP contribution is 2.13. The molecule has 0 bridgehead atoms. The first-order valence-corrected chi connectivity index (χ1v) is 2.61. The molecule has 60 valence electrons. The number of hydrogen-bond donors (Lipinski definition) is 0. The van der Waals surface area contributed by atoms with Crippen LogP contribution >= 0.6 is 0 Å². The molecule has 0 aromatic heterocycles. The molecule has 0 heterocycles. The van der Waals surface area contributed by atoms with Crippen molar-refractivity contribution in [3.05, 3.63) is 36.2 Å². The van der Waals surface area contributed by atoms with E-state index in [2.05, 4.69) is 6.58 Å². The number of carbonyl (C=O) groups is 1. The Bertz CT molecular complexity index is 228. The van der Waals surface area contributed by atoms with Gasteiger partial charge in [0, 0.05) is 12.2 Å². The Kier molecular flexibility index (Phi) is 3.95. The van der Waals surface area contributed by atoms with Gasteiger partial charge in [0.15, 0.2) is 11.7 Å². The van der Waals surface area contributed by atoms with E-state index in [9.17, 15) is 18.0 Å². The molecule has 4 heteroatoms. The second kappa shape index (κ2) is 4.49. The molecule has 0 saturated heterocycles. The van der Waals surface area contributed by atoms with Crippen molar-refractivity contribution in [2.45, 2.75) is 0 Å². The molecule has 0 spiro atoms. The van der Waals surface area contributed by atoms with E-state index in [0.29, 0.717) is 6.08 Å². The maximum Gasteiger partial charge on any atom is 0.161 e. The Labute approximate surface area is 61.5 Å². The summed E-state index contributed by atoms with van der Waals surface area (Å²) in [6.45, 7) is 2.58. The maximum atomic E-state index is 12.1. The molecule has 0 saturated carbocycles. The lowest BCUT2D eigenvalue weighted by atomic mass is 10.4. The van der Waals surface area contributed by atoms with E-state index in [4.69, 9.17) is 0 Å². The zero-order valence-corrected chi connectivity index (χ0v) is 5.48. The number of rotatable bonds is 3. The molecule has 0 rings (SSSR count). The summed E-state index contributed by atoms with van der Waals surface area (Å²) < 4.78 is 36.0. The summed E-state index contributed by atoms with van der Waals surface area (Å²) in [6.07, 6.45) is 0.819. The molecule has 0 radical (unpaired) electrons. The van der Waals surface area contributed by atoms with E-state index < -0.39 is 17.5 Å². The van der Waals surface area contributed by atoms with Crippen LogP contribution in [-0.4, -0.2) is 6.29 Å². The van der Waals surface area contributed by atoms with E-state index in [0.717, 1.165) is 0 Å². The molecule has 0 N–H and O–H groups in total. The van der Waals surface area contributed by atoms with Gasteiger partial charge < -0.3 is 0 Å². The van der Waals surface area contributed by atoms with E-state index >= 15 is 0 Å². The fourth-order valence-corrected chi connectivity index (χ4v) is 0.312. The molecule has 0 aromatic rings. The van der Waals surface area contributed by atoms with Crippen molar-refractivity contribution < 1.29 is 18.0 Å². The Morgan fingerprint density at radius 1 is 1.27 bits per heavy atom. The average molecular weight is 162 g/mol. The van der Waals surface area contributed by atoms with Crippen LogP contribution in [0.4, 0.5) is 13.2 Å². The Hall–Kier alpha value is -1.32. The van der Waals surface area contributed by atoms with Crippen molar-refractivity contribution >= 4 is 6.29 Å². The lowest BCUT2D eigenvalue weighted by Crippen LogP contribution is -1.74. The largest absolute Gasteiger partial charge is 0.298 e. The van der Waals surface area contributed by atoms with Crippen molar-refractivity contribution in [1.29, 1.82) is 0 Å². The minimum absolute atomic E-state index is 0.125. The third kappa shape index (κ3) is 4.13. The van der Waals surface area contributed by atoms with E-state index in [-0.39, 0.29) is 12.4 Å². The fourth-order valence-electron chi connectivity index (χ4n) is 0.312. The molecule has 0 aliphatic carbocycles. The predicted molar refractivity (Wildman–Crippen MR) is 34.7 cm³/mol. The first kappa shape index (κ1) is 9.68. The molecule has 0 amide bonds. The Morgan fingerprint density at radius 2 is 1.82 bits per heavy atom. The minimum atomic E-state index is -1.43. The molecular weight excluding hydrogens is 157 g/mol.